The Morgan fingerprint density at radius 1 is 0.906 bits per heavy atom. The van der Waals surface area contributed by atoms with Gasteiger partial charge in [-0.05, 0) is 60.7 Å². The van der Waals surface area contributed by atoms with Crippen molar-refractivity contribution in [2.45, 2.75) is 12.1 Å². The summed E-state index contributed by atoms with van der Waals surface area (Å²) in [5.41, 5.74) is 3.96. The molecule has 3 aromatic heterocycles. The largest absolute Gasteiger partial charge is 0.454 e. The summed E-state index contributed by atoms with van der Waals surface area (Å²) in [7, 11) is 0. The van der Waals surface area contributed by atoms with Gasteiger partial charge in [0.25, 0.3) is 0 Å². The number of hydrogen-bond donors (Lipinski definition) is 1. The van der Waals surface area contributed by atoms with E-state index >= 15 is 0 Å². The van der Waals surface area contributed by atoms with Gasteiger partial charge in [0.15, 0.2) is 16.6 Å². The first-order valence-corrected chi connectivity index (χ1v) is 10.7. The highest BCUT2D eigenvalue weighted by atomic mass is 32.1. The Labute approximate surface area is 190 Å². The summed E-state index contributed by atoms with van der Waals surface area (Å²) in [6.07, 6.45) is 7.45. The van der Waals surface area contributed by atoms with Crippen molar-refractivity contribution in [3.05, 3.63) is 96.8 Å². The fourth-order valence-electron chi connectivity index (χ4n) is 4.34. The van der Waals surface area contributed by atoms with Gasteiger partial charge >= 0.3 is 0 Å². The molecule has 0 amide bonds. The van der Waals surface area contributed by atoms with Crippen molar-refractivity contribution in [3.8, 4) is 17.2 Å². The van der Waals surface area contributed by atoms with Crippen LogP contribution in [0.25, 0.3) is 5.69 Å². The lowest BCUT2D eigenvalue weighted by atomic mass is 10.0. The predicted octanol–water partition coefficient (Wildman–Crippen LogP) is 4.17. The second-order valence-corrected chi connectivity index (χ2v) is 7.93. The van der Waals surface area contributed by atoms with Gasteiger partial charge in [-0.3, -0.25) is 9.97 Å². The number of pyridine rings is 2. The van der Waals surface area contributed by atoms with Gasteiger partial charge in [-0.25, -0.2) is 0 Å². The van der Waals surface area contributed by atoms with E-state index in [1.807, 2.05) is 60.8 Å². The SMILES string of the molecule is S=C1N[C@@H](c2ccccn2)[C@@H](c2cccn2-c2ccncc2)N1c1ccc2c(c1)OCO2. The molecule has 2 atom stereocenters. The molecule has 8 heteroatoms. The summed E-state index contributed by atoms with van der Waals surface area (Å²) in [6.45, 7) is 0.229. The zero-order valence-electron chi connectivity index (χ0n) is 17.0. The average molecular weight is 442 g/mol. The number of benzene rings is 1. The fourth-order valence-corrected chi connectivity index (χ4v) is 4.69. The van der Waals surface area contributed by atoms with Gasteiger partial charge in [-0.1, -0.05) is 6.07 Å². The third-order valence-corrected chi connectivity index (χ3v) is 6.07. The number of hydrogen-bond acceptors (Lipinski definition) is 5. The maximum Gasteiger partial charge on any atom is 0.231 e. The van der Waals surface area contributed by atoms with Crippen LogP contribution >= 0.6 is 12.2 Å². The van der Waals surface area contributed by atoms with Crippen LogP contribution in [0.15, 0.2) is 85.5 Å². The normalized spacial score (nSPS) is 19.2. The smallest absolute Gasteiger partial charge is 0.231 e. The topological polar surface area (TPSA) is 64.4 Å². The highest BCUT2D eigenvalue weighted by molar-refractivity contribution is 7.80. The molecule has 1 aromatic carbocycles. The van der Waals surface area contributed by atoms with Crippen molar-refractivity contribution in [2.75, 3.05) is 11.7 Å². The lowest BCUT2D eigenvalue weighted by Crippen LogP contribution is -2.30. The molecule has 0 radical (unpaired) electrons. The molecule has 2 aliphatic rings. The first kappa shape index (κ1) is 18.8. The second-order valence-electron chi connectivity index (χ2n) is 7.54. The van der Waals surface area contributed by atoms with Gasteiger partial charge in [-0.2, -0.15) is 0 Å². The molecule has 0 saturated carbocycles. The highest BCUT2D eigenvalue weighted by Gasteiger charge is 2.42. The summed E-state index contributed by atoms with van der Waals surface area (Å²) >= 11 is 5.83. The minimum absolute atomic E-state index is 0.135. The predicted molar refractivity (Wildman–Crippen MR) is 124 cm³/mol. The van der Waals surface area contributed by atoms with E-state index in [4.69, 9.17) is 21.7 Å². The molecule has 1 N–H and O–H groups in total. The molecule has 6 rings (SSSR count). The number of thiocarbonyl (C=S) groups is 1. The van der Waals surface area contributed by atoms with Crippen LogP contribution in [-0.2, 0) is 0 Å². The molecule has 158 valence electrons. The quantitative estimate of drug-likeness (QED) is 0.477. The third-order valence-electron chi connectivity index (χ3n) is 5.76. The molecule has 4 aromatic rings. The molecule has 0 bridgehead atoms. The van der Waals surface area contributed by atoms with Crippen LogP contribution < -0.4 is 19.7 Å². The Hall–Kier alpha value is -3.91. The third kappa shape index (κ3) is 3.07. The lowest BCUT2D eigenvalue weighted by molar-refractivity contribution is 0.174. The zero-order valence-corrected chi connectivity index (χ0v) is 17.8. The molecule has 5 heterocycles. The Morgan fingerprint density at radius 2 is 1.78 bits per heavy atom. The first-order valence-electron chi connectivity index (χ1n) is 10.3. The van der Waals surface area contributed by atoms with Crippen molar-refractivity contribution < 1.29 is 9.47 Å². The van der Waals surface area contributed by atoms with Crippen LogP contribution in [-0.4, -0.2) is 26.4 Å². The van der Waals surface area contributed by atoms with Crippen LogP contribution in [0, 0.1) is 0 Å². The minimum atomic E-state index is -0.138. The van der Waals surface area contributed by atoms with Gasteiger partial charge in [0.1, 0.15) is 6.04 Å². The van der Waals surface area contributed by atoms with E-state index in [2.05, 4.69) is 37.0 Å². The molecule has 2 aliphatic heterocycles. The fraction of sp³-hybridized carbons (Fsp3) is 0.125. The monoisotopic (exact) mass is 441 g/mol. The van der Waals surface area contributed by atoms with Crippen LogP contribution in [0.5, 0.6) is 11.5 Å². The number of rotatable bonds is 4. The van der Waals surface area contributed by atoms with E-state index in [0.29, 0.717) is 5.11 Å². The van der Waals surface area contributed by atoms with Crippen molar-refractivity contribution >= 4 is 23.0 Å². The maximum atomic E-state index is 5.83. The van der Waals surface area contributed by atoms with Gasteiger partial charge in [0, 0.05) is 47.9 Å². The van der Waals surface area contributed by atoms with Crippen molar-refractivity contribution in [1.82, 2.24) is 19.9 Å². The average Bonchev–Trinajstić information content (AvgIpc) is 3.57. The van der Waals surface area contributed by atoms with E-state index in [0.717, 1.165) is 34.3 Å². The summed E-state index contributed by atoms with van der Waals surface area (Å²) in [5.74, 6) is 1.46. The van der Waals surface area contributed by atoms with Crippen LogP contribution in [0.4, 0.5) is 5.69 Å². The van der Waals surface area contributed by atoms with Crippen LogP contribution in [0.2, 0.25) is 0 Å². The molecule has 0 unspecified atom stereocenters. The molecule has 0 spiro atoms. The summed E-state index contributed by atoms with van der Waals surface area (Å²) in [4.78, 5) is 10.9. The van der Waals surface area contributed by atoms with E-state index in [9.17, 15) is 0 Å². The van der Waals surface area contributed by atoms with Gasteiger partial charge < -0.3 is 24.3 Å². The molecular weight excluding hydrogens is 422 g/mol. The lowest BCUT2D eigenvalue weighted by Gasteiger charge is -2.29. The van der Waals surface area contributed by atoms with Crippen LogP contribution in [0.3, 0.4) is 0 Å². The van der Waals surface area contributed by atoms with Crippen molar-refractivity contribution in [3.63, 3.8) is 0 Å². The Kier molecular flexibility index (Phi) is 4.50. The zero-order chi connectivity index (χ0) is 21.5. The van der Waals surface area contributed by atoms with Gasteiger partial charge in [0.05, 0.1) is 11.7 Å². The Balaban J connectivity index is 1.50. The molecule has 7 nitrogen and oxygen atoms in total. The standard InChI is InChI=1S/C24H19N5O2S/c32-24-27-22(18-4-1-2-10-26-18)23(19-5-3-13-28(19)16-8-11-25-12-9-16)29(24)17-6-7-20-21(14-17)31-15-30-20/h1-14,22-23H,15H2,(H,27,32)/t22-,23+/m0/s1. The maximum absolute atomic E-state index is 5.83. The van der Waals surface area contributed by atoms with E-state index in [-0.39, 0.29) is 18.9 Å². The summed E-state index contributed by atoms with van der Waals surface area (Å²) < 4.78 is 13.3. The number of ether oxygens (including phenoxy) is 2. The number of nitrogens with one attached hydrogen (secondary N) is 1. The number of anilines is 1. The Morgan fingerprint density at radius 3 is 2.62 bits per heavy atom. The van der Waals surface area contributed by atoms with E-state index in [1.165, 1.54) is 0 Å². The summed E-state index contributed by atoms with van der Waals surface area (Å²) in [5, 5.41) is 4.13. The van der Waals surface area contributed by atoms with Crippen molar-refractivity contribution in [1.29, 1.82) is 0 Å². The highest BCUT2D eigenvalue weighted by Crippen LogP contribution is 2.44. The molecule has 0 aliphatic carbocycles. The van der Waals surface area contributed by atoms with E-state index < -0.39 is 0 Å². The van der Waals surface area contributed by atoms with E-state index in [1.54, 1.807) is 12.4 Å². The molecule has 32 heavy (non-hydrogen) atoms. The molecular formula is C24H19N5O2S. The first-order chi connectivity index (χ1) is 15.8. The Bertz CT molecular complexity index is 1280. The number of aromatic nitrogens is 3. The number of nitrogens with zero attached hydrogens (tertiary/aromatic N) is 4. The molecule has 1 fully saturated rings. The van der Waals surface area contributed by atoms with Gasteiger partial charge in [0.2, 0.25) is 6.79 Å². The minimum Gasteiger partial charge on any atom is -0.454 e. The summed E-state index contributed by atoms with van der Waals surface area (Å²) in [6, 6.07) is 19.7. The molecule has 1 saturated heterocycles. The second kappa shape index (κ2) is 7.65. The van der Waals surface area contributed by atoms with Crippen LogP contribution in [0.1, 0.15) is 23.5 Å². The number of fused-ring (bicyclic) bond motifs is 1. The van der Waals surface area contributed by atoms with Gasteiger partial charge in [-0.15, -0.1) is 0 Å². The van der Waals surface area contributed by atoms with Crippen molar-refractivity contribution in [2.24, 2.45) is 0 Å².